The normalized spacial score (nSPS) is 10.7. The summed E-state index contributed by atoms with van der Waals surface area (Å²) in [6.07, 6.45) is 1.64. The van der Waals surface area contributed by atoms with E-state index in [9.17, 15) is 4.79 Å². The summed E-state index contributed by atoms with van der Waals surface area (Å²) in [5.74, 6) is -0.325. The van der Waals surface area contributed by atoms with Gasteiger partial charge in [-0.2, -0.15) is 0 Å². The minimum absolute atomic E-state index is 0.219. The van der Waals surface area contributed by atoms with E-state index in [2.05, 4.69) is 4.98 Å². The van der Waals surface area contributed by atoms with Crippen LogP contribution in [0.1, 0.15) is 21.8 Å². The molecule has 0 spiro atoms. The van der Waals surface area contributed by atoms with E-state index in [0.29, 0.717) is 5.58 Å². The van der Waals surface area contributed by atoms with E-state index < -0.39 is 5.91 Å². The number of aromatic nitrogens is 1. The molecule has 0 aliphatic heterocycles. The van der Waals surface area contributed by atoms with Crippen LogP contribution in [0.5, 0.6) is 0 Å². The van der Waals surface area contributed by atoms with Crippen molar-refractivity contribution in [2.24, 2.45) is 5.73 Å². The lowest BCUT2D eigenvalue weighted by atomic mass is 10.1. The van der Waals surface area contributed by atoms with Gasteiger partial charge in [0, 0.05) is 22.8 Å². The average Bonchev–Trinajstić information content (AvgIpc) is 2.45. The summed E-state index contributed by atoms with van der Waals surface area (Å²) in [5.41, 5.74) is 7.44. The van der Waals surface area contributed by atoms with Gasteiger partial charge in [0.2, 0.25) is 0 Å². The molecule has 4 heteroatoms. The zero-order chi connectivity index (χ0) is 10.3. The third-order valence-corrected chi connectivity index (χ3v) is 2.25. The van der Waals surface area contributed by atoms with Gasteiger partial charge in [0.1, 0.15) is 5.58 Å². The second-order valence-electron chi connectivity index (χ2n) is 3.19. The third-order valence-electron chi connectivity index (χ3n) is 2.25. The molecule has 2 heterocycles. The molecule has 0 saturated carbocycles. The van der Waals surface area contributed by atoms with Crippen molar-refractivity contribution in [2.45, 2.75) is 13.8 Å². The van der Waals surface area contributed by atoms with Crippen molar-refractivity contribution in [1.29, 1.82) is 0 Å². The van der Waals surface area contributed by atoms with Crippen molar-refractivity contribution in [3.63, 3.8) is 0 Å². The van der Waals surface area contributed by atoms with Crippen LogP contribution in [0.15, 0.2) is 16.7 Å². The molecule has 2 N–H and O–H groups in total. The Hall–Kier alpha value is -1.84. The Kier molecular flexibility index (Phi) is 1.77. The number of nitrogens with zero attached hydrogens (tertiary/aromatic N) is 1. The van der Waals surface area contributed by atoms with Gasteiger partial charge in [0.25, 0.3) is 5.91 Å². The van der Waals surface area contributed by atoms with Crippen molar-refractivity contribution < 1.29 is 9.21 Å². The van der Waals surface area contributed by atoms with Crippen LogP contribution in [-0.2, 0) is 0 Å². The molecule has 1 amide bonds. The SMILES string of the molecule is Cc1nccc2oc(C(N)=O)c(C)c12. The van der Waals surface area contributed by atoms with Crippen molar-refractivity contribution >= 4 is 16.9 Å². The topological polar surface area (TPSA) is 69.1 Å². The second-order valence-corrected chi connectivity index (χ2v) is 3.19. The molecule has 2 rings (SSSR count). The molecule has 0 unspecified atom stereocenters. The third kappa shape index (κ3) is 1.08. The summed E-state index contributed by atoms with van der Waals surface area (Å²) in [5, 5.41) is 0.876. The van der Waals surface area contributed by atoms with E-state index in [4.69, 9.17) is 10.2 Å². The van der Waals surface area contributed by atoms with Gasteiger partial charge in [-0.1, -0.05) is 0 Å². The Balaban J connectivity index is 2.87. The number of carbonyl (C=O) groups is 1. The summed E-state index contributed by atoms with van der Waals surface area (Å²) in [7, 11) is 0. The van der Waals surface area contributed by atoms with Gasteiger partial charge in [-0.3, -0.25) is 9.78 Å². The fourth-order valence-electron chi connectivity index (χ4n) is 1.62. The van der Waals surface area contributed by atoms with E-state index in [1.165, 1.54) is 0 Å². The first-order chi connectivity index (χ1) is 6.61. The highest BCUT2D eigenvalue weighted by Gasteiger charge is 2.16. The summed E-state index contributed by atoms with van der Waals surface area (Å²) < 4.78 is 5.33. The van der Waals surface area contributed by atoms with E-state index in [1.54, 1.807) is 19.2 Å². The largest absolute Gasteiger partial charge is 0.451 e. The Bertz CT molecular complexity index is 514. The quantitative estimate of drug-likeness (QED) is 0.741. The number of carbonyl (C=O) groups excluding carboxylic acids is 1. The highest BCUT2D eigenvalue weighted by atomic mass is 16.3. The number of nitrogens with two attached hydrogens (primary N) is 1. The van der Waals surface area contributed by atoms with Crippen LogP contribution >= 0.6 is 0 Å². The van der Waals surface area contributed by atoms with Crippen LogP contribution in [0, 0.1) is 13.8 Å². The van der Waals surface area contributed by atoms with Gasteiger partial charge in [-0.15, -0.1) is 0 Å². The van der Waals surface area contributed by atoms with Crippen LogP contribution in [-0.4, -0.2) is 10.9 Å². The van der Waals surface area contributed by atoms with Gasteiger partial charge in [0.05, 0.1) is 0 Å². The second kappa shape index (κ2) is 2.83. The average molecular weight is 190 g/mol. The number of primary amides is 1. The first-order valence-electron chi connectivity index (χ1n) is 4.25. The van der Waals surface area contributed by atoms with Gasteiger partial charge < -0.3 is 10.2 Å². The Morgan fingerprint density at radius 2 is 2.21 bits per heavy atom. The van der Waals surface area contributed by atoms with Gasteiger partial charge >= 0.3 is 0 Å². The van der Waals surface area contributed by atoms with Gasteiger partial charge in [0.15, 0.2) is 5.76 Å². The van der Waals surface area contributed by atoms with E-state index in [1.807, 2.05) is 6.92 Å². The van der Waals surface area contributed by atoms with Crippen LogP contribution < -0.4 is 5.73 Å². The fraction of sp³-hybridized carbons (Fsp3) is 0.200. The number of hydrogen-bond donors (Lipinski definition) is 1. The first kappa shape index (κ1) is 8.74. The maximum atomic E-state index is 11.0. The molecule has 2 aromatic heterocycles. The number of rotatable bonds is 1. The number of aryl methyl sites for hydroxylation is 2. The van der Waals surface area contributed by atoms with Crippen LogP contribution in [0.2, 0.25) is 0 Å². The molecule has 0 aliphatic carbocycles. The standard InChI is InChI=1S/C10H10N2O2/c1-5-8-6(2)12-4-3-7(8)14-9(5)10(11)13/h3-4H,1-2H3,(H2,11,13). The molecule has 0 fully saturated rings. The first-order valence-corrected chi connectivity index (χ1v) is 4.25. The number of fused-ring (bicyclic) bond motifs is 1. The highest BCUT2D eigenvalue weighted by molar-refractivity contribution is 5.98. The fourth-order valence-corrected chi connectivity index (χ4v) is 1.62. The van der Waals surface area contributed by atoms with Crippen molar-refractivity contribution in [2.75, 3.05) is 0 Å². The van der Waals surface area contributed by atoms with E-state index in [-0.39, 0.29) is 5.76 Å². The number of amides is 1. The maximum Gasteiger partial charge on any atom is 0.284 e. The number of hydrogen-bond acceptors (Lipinski definition) is 3. The van der Waals surface area contributed by atoms with Crippen molar-refractivity contribution in [3.05, 3.63) is 29.3 Å². The lowest BCUT2D eigenvalue weighted by Gasteiger charge is -1.93. The lowest BCUT2D eigenvalue weighted by Crippen LogP contribution is -2.10. The summed E-state index contributed by atoms with van der Waals surface area (Å²) in [4.78, 5) is 15.1. The molecule has 0 aliphatic rings. The molecule has 0 saturated heterocycles. The molecule has 0 radical (unpaired) electrons. The summed E-state index contributed by atoms with van der Waals surface area (Å²) >= 11 is 0. The smallest absolute Gasteiger partial charge is 0.284 e. The van der Waals surface area contributed by atoms with Crippen LogP contribution in [0.3, 0.4) is 0 Å². The molecule has 4 nitrogen and oxygen atoms in total. The van der Waals surface area contributed by atoms with E-state index >= 15 is 0 Å². The van der Waals surface area contributed by atoms with Crippen molar-refractivity contribution in [3.8, 4) is 0 Å². The van der Waals surface area contributed by atoms with Crippen LogP contribution in [0.4, 0.5) is 0 Å². The number of pyridine rings is 1. The van der Waals surface area contributed by atoms with Crippen LogP contribution in [0.25, 0.3) is 11.0 Å². The van der Waals surface area contributed by atoms with E-state index in [0.717, 1.165) is 16.6 Å². The highest BCUT2D eigenvalue weighted by Crippen LogP contribution is 2.26. The molecule has 0 aromatic carbocycles. The predicted octanol–water partition coefficient (Wildman–Crippen LogP) is 1.54. The zero-order valence-corrected chi connectivity index (χ0v) is 8.00. The summed E-state index contributed by atoms with van der Waals surface area (Å²) in [6, 6.07) is 1.72. The molecular formula is C10H10N2O2. The monoisotopic (exact) mass is 190 g/mol. The van der Waals surface area contributed by atoms with Gasteiger partial charge in [-0.25, -0.2) is 0 Å². The molecule has 0 atom stereocenters. The maximum absolute atomic E-state index is 11.0. The summed E-state index contributed by atoms with van der Waals surface area (Å²) in [6.45, 7) is 3.68. The Labute approximate surface area is 80.7 Å². The Morgan fingerprint density at radius 3 is 2.79 bits per heavy atom. The van der Waals surface area contributed by atoms with Gasteiger partial charge in [-0.05, 0) is 19.9 Å². The Morgan fingerprint density at radius 1 is 1.50 bits per heavy atom. The lowest BCUT2D eigenvalue weighted by molar-refractivity contribution is 0.0975. The number of furan rings is 1. The minimum Gasteiger partial charge on any atom is -0.451 e. The predicted molar refractivity (Wildman–Crippen MR) is 52.0 cm³/mol. The molecular weight excluding hydrogens is 180 g/mol. The molecule has 2 aromatic rings. The molecule has 72 valence electrons. The van der Waals surface area contributed by atoms with Crippen molar-refractivity contribution in [1.82, 2.24) is 4.98 Å². The minimum atomic E-state index is -0.543. The molecule has 0 bridgehead atoms. The zero-order valence-electron chi connectivity index (χ0n) is 8.00. The molecule has 14 heavy (non-hydrogen) atoms.